The molecule has 0 bridgehead atoms. The Morgan fingerprint density at radius 1 is 1.16 bits per heavy atom. The van der Waals surface area contributed by atoms with Gasteiger partial charge in [0.15, 0.2) is 0 Å². The summed E-state index contributed by atoms with van der Waals surface area (Å²) < 4.78 is 18.5. The highest BCUT2D eigenvalue weighted by atomic mass is 19.1. The van der Waals surface area contributed by atoms with E-state index in [0.717, 1.165) is 11.1 Å². The first-order chi connectivity index (χ1) is 12.0. The first kappa shape index (κ1) is 17.2. The van der Waals surface area contributed by atoms with Crippen molar-refractivity contribution in [1.82, 2.24) is 20.4 Å². The maximum atomic E-state index is 13.1. The van der Waals surface area contributed by atoms with Gasteiger partial charge in [0, 0.05) is 12.2 Å². The van der Waals surface area contributed by atoms with Crippen molar-refractivity contribution in [2.24, 2.45) is 5.92 Å². The lowest BCUT2D eigenvalue weighted by molar-refractivity contribution is 0.337. The van der Waals surface area contributed by atoms with Crippen LogP contribution >= 0.6 is 0 Å². The van der Waals surface area contributed by atoms with Gasteiger partial charge in [0.1, 0.15) is 11.5 Å². The Bertz CT molecular complexity index is 829. The normalized spacial score (nSPS) is 12.5. The molecule has 1 aromatic carbocycles. The zero-order valence-corrected chi connectivity index (χ0v) is 14.5. The highest BCUT2D eigenvalue weighted by Crippen LogP contribution is 2.22. The number of hydrogen-bond acceptors (Lipinski definition) is 5. The Labute approximate surface area is 146 Å². The molecule has 0 saturated heterocycles. The van der Waals surface area contributed by atoms with Crippen LogP contribution in [0.5, 0.6) is 0 Å². The standard InChI is InChI=1S/C19H21FN4O/c1-12(2)18(14-4-6-15(20)7-5-14)22-11-17-23-19(24-25-17)16-10-13(3)8-9-21-16/h4-10,12,18,22H,11H2,1-3H3. The number of benzene rings is 1. The summed E-state index contributed by atoms with van der Waals surface area (Å²) in [7, 11) is 0. The molecule has 1 atom stereocenters. The fourth-order valence-corrected chi connectivity index (χ4v) is 2.69. The minimum atomic E-state index is -0.238. The first-order valence-corrected chi connectivity index (χ1v) is 8.27. The van der Waals surface area contributed by atoms with Gasteiger partial charge >= 0.3 is 0 Å². The van der Waals surface area contributed by atoms with E-state index in [-0.39, 0.29) is 11.9 Å². The van der Waals surface area contributed by atoms with E-state index >= 15 is 0 Å². The molecule has 0 amide bonds. The second-order valence-electron chi connectivity index (χ2n) is 6.38. The van der Waals surface area contributed by atoms with Crippen molar-refractivity contribution < 1.29 is 8.91 Å². The Morgan fingerprint density at radius 2 is 1.92 bits per heavy atom. The van der Waals surface area contributed by atoms with Gasteiger partial charge in [-0.3, -0.25) is 4.98 Å². The van der Waals surface area contributed by atoms with Gasteiger partial charge in [-0.05, 0) is 48.2 Å². The average Bonchev–Trinajstić information content (AvgIpc) is 3.05. The van der Waals surface area contributed by atoms with Gasteiger partial charge in [-0.2, -0.15) is 4.98 Å². The van der Waals surface area contributed by atoms with E-state index in [1.54, 1.807) is 18.3 Å². The van der Waals surface area contributed by atoms with Gasteiger partial charge in [-0.25, -0.2) is 4.39 Å². The zero-order chi connectivity index (χ0) is 17.8. The molecule has 2 heterocycles. The van der Waals surface area contributed by atoms with Gasteiger partial charge in [-0.1, -0.05) is 31.1 Å². The third kappa shape index (κ3) is 4.28. The fourth-order valence-electron chi connectivity index (χ4n) is 2.69. The third-order valence-electron chi connectivity index (χ3n) is 3.98. The maximum Gasteiger partial charge on any atom is 0.240 e. The average molecular weight is 340 g/mol. The van der Waals surface area contributed by atoms with Crippen LogP contribution in [0.1, 0.15) is 36.9 Å². The molecule has 1 N–H and O–H groups in total. The SMILES string of the molecule is Cc1ccnc(-c2noc(CNC(c3ccc(F)cc3)C(C)C)n2)c1. The number of aryl methyl sites for hydroxylation is 1. The first-order valence-electron chi connectivity index (χ1n) is 8.27. The van der Waals surface area contributed by atoms with E-state index in [2.05, 4.69) is 34.3 Å². The quantitative estimate of drug-likeness (QED) is 0.733. The molecule has 2 aromatic heterocycles. The predicted octanol–water partition coefficient (Wildman–Crippen LogP) is 4.07. The Morgan fingerprint density at radius 3 is 2.60 bits per heavy atom. The summed E-state index contributed by atoms with van der Waals surface area (Å²) in [5.41, 5.74) is 2.80. The lowest BCUT2D eigenvalue weighted by Gasteiger charge is -2.22. The zero-order valence-electron chi connectivity index (χ0n) is 14.5. The van der Waals surface area contributed by atoms with E-state index < -0.39 is 0 Å². The molecule has 130 valence electrons. The summed E-state index contributed by atoms with van der Waals surface area (Å²) in [6, 6.07) is 10.4. The monoisotopic (exact) mass is 340 g/mol. The van der Waals surface area contributed by atoms with E-state index in [0.29, 0.717) is 29.9 Å². The molecule has 0 aliphatic rings. The van der Waals surface area contributed by atoms with Gasteiger partial charge in [-0.15, -0.1) is 0 Å². The van der Waals surface area contributed by atoms with Crippen molar-refractivity contribution in [3.63, 3.8) is 0 Å². The van der Waals surface area contributed by atoms with Crippen LogP contribution in [0.3, 0.4) is 0 Å². The van der Waals surface area contributed by atoms with Crippen LogP contribution in [0.25, 0.3) is 11.5 Å². The van der Waals surface area contributed by atoms with E-state index in [1.807, 2.05) is 19.1 Å². The molecule has 3 aromatic rings. The highest BCUT2D eigenvalue weighted by Gasteiger charge is 2.17. The van der Waals surface area contributed by atoms with Gasteiger partial charge in [0.25, 0.3) is 0 Å². The molecule has 1 unspecified atom stereocenters. The Balaban J connectivity index is 1.70. The molecule has 0 aliphatic carbocycles. The number of aromatic nitrogens is 3. The van der Waals surface area contributed by atoms with Crippen LogP contribution in [-0.2, 0) is 6.54 Å². The molecule has 6 heteroatoms. The van der Waals surface area contributed by atoms with Crippen molar-refractivity contribution in [2.45, 2.75) is 33.4 Å². The van der Waals surface area contributed by atoms with E-state index in [1.165, 1.54) is 12.1 Å². The number of halogens is 1. The minimum absolute atomic E-state index is 0.0630. The van der Waals surface area contributed by atoms with Crippen molar-refractivity contribution in [3.8, 4) is 11.5 Å². The number of nitrogens with one attached hydrogen (secondary N) is 1. The minimum Gasteiger partial charge on any atom is -0.337 e. The van der Waals surface area contributed by atoms with E-state index in [9.17, 15) is 4.39 Å². The smallest absolute Gasteiger partial charge is 0.240 e. The molecule has 0 saturated carbocycles. The number of hydrogen-bond donors (Lipinski definition) is 1. The Kier molecular flexibility index (Phi) is 5.19. The molecule has 0 fully saturated rings. The van der Waals surface area contributed by atoms with E-state index in [4.69, 9.17) is 4.52 Å². The van der Waals surface area contributed by atoms with Crippen LogP contribution < -0.4 is 5.32 Å². The fraction of sp³-hybridized carbons (Fsp3) is 0.316. The molecular formula is C19H21FN4O. The van der Waals surface area contributed by atoms with Crippen LogP contribution in [0.2, 0.25) is 0 Å². The van der Waals surface area contributed by atoms with Crippen molar-refractivity contribution >= 4 is 0 Å². The Hall–Kier alpha value is -2.60. The molecule has 3 rings (SSSR count). The second kappa shape index (κ2) is 7.53. The summed E-state index contributed by atoms with van der Waals surface area (Å²) in [6.45, 7) is 6.64. The lowest BCUT2D eigenvalue weighted by atomic mass is 9.96. The predicted molar refractivity (Wildman–Crippen MR) is 93.1 cm³/mol. The van der Waals surface area contributed by atoms with Crippen LogP contribution in [-0.4, -0.2) is 15.1 Å². The molecular weight excluding hydrogens is 319 g/mol. The summed E-state index contributed by atoms with van der Waals surface area (Å²) in [5.74, 6) is 1.05. The van der Waals surface area contributed by atoms with Gasteiger partial charge in [0.2, 0.25) is 11.7 Å². The van der Waals surface area contributed by atoms with Gasteiger partial charge < -0.3 is 9.84 Å². The summed E-state index contributed by atoms with van der Waals surface area (Å²) >= 11 is 0. The third-order valence-corrected chi connectivity index (χ3v) is 3.98. The van der Waals surface area contributed by atoms with Crippen LogP contribution in [0.15, 0.2) is 47.1 Å². The lowest BCUT2D eigenvalue weighted by Crippen LogP contribution is -2.25. The largest absolute Gasteiger partial charge is 0.337 e. The maximum absolute atomic E-state index is 13.1. The van der Waals surface area contributed by atoms with Crippen molar-refractivity contribution in [2.75, 3.05) is 0 Å². The second-order valence-corrected chi connectivity index (χ2v) is 6.38. The summed E-state index contributed by atoms with van der Waals surface area (Å²) in [6.07, 6.45) is 1.72. The topological polar surface area (TPSA) is 63.8 Å². The van der Waals surface area contributed by atoms with Crippen molar-refractivity contribution in [3.05, 3.63) is 65.4 Å². The summed E-state index contributed by atoms with van der Waals surface area (Å²) in [5, 5.41) is 7.40. The number of rotatable bonds is 6. The molecule has 0 spiro atoms. The number of nitrogens with zero attached hydrogens (tertiary/aromatic N) is 3. The number of pyridine rings is 1. The summed E-state index contributed by atoms with van der Waals surface area (Å²) in [4.78, 5) is 8.66. The molecule has 0 radical (unpaired) electrons. The molecule has 25 heavy (non-hydrogen) atoms. The van der Waals surface area contributed by atoms with Gasteiger partial charge in [0.05, 0.1) is 6.54 Å². The molecule has 0 aliphatic heterocycles. The van der Waals surface area contributed by atoms with Crippen LogP contribution in [0.4, 0.5) is 4.39 Å². The molecule has 5 nitrogen and oxygen atoms in total. The van der Waals surface area contributed by atoms with Crippen molar-refractivity contribution in [1.29, 1.82) is 0 Å². The highest BCUT2D eigenvalue weighted by molar-refractivity contribution is 5.48. The van der Waals surface area contributed by atoms with Crippen LogP contribution in [0, 0.1) is 18.7 Å².